The largest absolute Gasteiger partial charge is 0.481 e. The first-order valence-corrected chi connectivity index (χ1v) is 3.92. The molecule has 0 saturated heterocycles. The minimum absolute atomic E-state index is 0.253. The number of aryl methyl sites for hydroxylation is 1. The molecule has 1 aliphatic carbocycles. The molecule has 0 fully saturated rings. The number of fused-ring (bicyclic) bond motifs is 1. The van der Waals surface area contributed by atoms with Crippen molar-refractivity contribution in [2.45, 2.75) is 19.3 Å². The Morgan fingerprint density at radius 2 is 2.58 bits per heavy atom. The summed E-state index contributed by atoms with van der Waals surface area (Å²) >= 11 is 0. The van der Waals surface area contributed by atoms with E-state index in [0.717, 1.165) is 11.3 Å². The van der Waals surface area contributed by atoms with Gasteiger partial charge in [0.15, 0.2) is 0 Å². The summed E-state index contributed by atoms with van der Waals surface area (Å²) < 4.78 is 4.94. The molecule has 1 N–H and O–H groups in total. The van der Waals surface area contributed by atoms with E-state index in [1.807, 2.05) is 0 Å². The number of aromatic nitrogens is 1. The first-order chi connectivity index (χ1) is 5.77. The normalized spacial score (nSPS) is 21.8. The molecule has 0 bridgehead atoms. The summed E-state index contributed by atoms with van der Waals surface area (Å²) in [5, 5.41) is 12.4. The van der Waals surface area contributed by atoms with Crippen molar-refractivity contribution < 1.29 is 14.4 Å². The zero-order valence-electron chi connectivity index (χ0n) is 6.49. The van der Waals surface area contributed by atoms with Gasteiger partial charge in [0.1, 0.15) is 5.76 Å². The van der Waals surface area contributed by atoms with Crippen molar-refractivity contribution in [3.8, 4) is 0 Å². The molecule has 0 amide bonds. The van der Waals surface area contributed by atoms with E-state index in [2.05, 4.69) is 5.16 Å². The van der Waals surface area contributed by atoms with Gasteiger partial charge in [0.2, 0.25) is 0 Å². The van der Waals surface area contributed by atoms with Crippen LogP contribution in [0.5, 0.6) is 0 Å². The van der Waals surface area contributed by atoms with Crippen LogP contribution in [-0.2, 0) is 17.6 Å². The number of nitrogens with zero attached hydrogens (tertiary/aromatic N) is 1. The summed E-state index contributed by atoms with van der Waals surface area (Å²) in [5.74, 6) is -0.119. The average molecular weight is 167 g/mol. The fourth-order valence-electron chi connectivity index (χ4n) is 1.54. The van der Waals surface area contributed by atoms with Crippen molar-refractivity contribution in [1.82, 2.24) is 5.16 Å². The Morgan fingerprint density at radius 1 is 1.75 bits per heavy atom. The fourth-order valence-corrected chi connectivity index (χ4v) is 1.54. The first-order valence-electron chi connectivity index (χ1n) is 3.92. The molecule has 12 heavy (non-hydrogen) atoms. The number of aliphatic carboxylic acids is 1. The third-order valence-corrected chi connectivity index (χ3v) is 2.27. The highest BCUT2D eigenvalue weighted by Gasteiger charge is 2.26. The van der Waals surface area contributed by atoms with Crippen LogP contribution in [0.25, 0.3) is 0 Å². The van der Waals surface area contributed by atoms with Gasteiger partial charge in [0, 0.05) is 12.0 Å². The number of carboxylic acid groups (broad SMARTS) is 1. The van der Waals surface area contributed by atoms with E-state index in [-0.39, 0.29) is 5.92 Å². The van der Waals surface area contributed by atoms with Gasteiger partial charge in [-0.1, -0.05) is 5.16 Å². The maximum Gasteiger partial charge on any atom is 0.306 e. The molecule has 0 aromatic carbocycles. The molecule has 0 radical (unpaired) electrons. The van der Waals surface area contributed by atoms with Crippen molar-refractivity contribution in [3.05, 3.63) is 17.5 Å². The minimum Gasteiger partial charge on any atom is -0.481 e. The second-order valence-electron chi connectivity index (χ2n) is 3.05. The van der Waals surface area contributed by atoms with Crippen LogP contribution in [0, 0.1) is 5.92 Å². The van der Waals surface area contributed by atoms with Gasteiger partial charge in [-0.25, -0.2) is 0 Å². The molecule has 2 rings (SSSR count). The number of hydrogen-bond donors (Lipinski definition) is 1. The molecular weight excluding hydrogens is 158 g/mol. The quantitative estimate of drug-likeness (QED) is 0.673. The minimum atomic E-state index is -0.721. The summed E-state index contributed by atoms with van der Waals surface area (Å²) in [7, 11) is 0. The van der Waals surface area contributed by atoms with Gasteiger partial charge in [0.05, 0.1) is 12.1 Å². The second-order valence-corrected chi connectivity index (χ2v) is 3.05. The molecule has 1 atom stereocenters. The van der Waals surface area contributed by atoms with Crippen molar-refractivity contribution in [2.75, 3.05) is 0 Å². The van der Waals surface area contributed by atoms with Crippen molar-refractivity contribution in [2.24, 2.45) is 5.92 Å². The molecule has 1 aromatic heterocycles. The zero-order valence-corrected chi connectivity index (χ0v) is 6.49. The lowest BCUT2D eigenvalue weighted by Crippen LogP contribution is -2.21. The molecular formula is C8H9NO3. The maximum absolute atomic E-state index is 10.6. The number of carboxylic acids is 1. The van der Waals surface area contributed by atoms with Crippen LogP contribution in [0.3, 0.4) is 0 Å². The Kier molecular flexibility index (Phi) is 1.60. The summed E-state index contributed by atoms with van der Waals surface area (Å²) in [6.07, 6.45) is 3.54. The molecule has 1 aliphatic rings. The van der Waals surface area contributed by atoms with Gasteiger partial charge in [-0.3, -0.25) is 4.79 Å². The van der Waals surface area contributed by atoms with E-state index < -0.39 is 5.97 Å². The van der Waals surface area contributed by atoms with E-state index in [9.17, 15) is 4.79 Å². The topological polar surface area (TPSA) is 63.3 Å². The van der Waals surface area contributed by atoms with Gasteiger partial charge in [0.25, 0.3) is 0 Å². The highest BCUT2D eigenvalue weighted by atomic mass is 16.5. The Morgan fingerprint density at radius 3 is 3.33 bits per heavy atom. The first kappa shape index (κ1) is 7.34. The molecule has 1 heterocycles. The Balaban J connectivity index is 2.20. The molecule has 4 heteroatoms. The fraction of sp³-hybridized carbons (Fsp3) is 0.500. The van der Waals surface area contributed by atoms with E-state index in [0.29, 0.717) is 19.3 Å². The molecule has 0 aliphatic heterocycles. The van der Waals surface area contributed by atoms with Gasteiger partial charge >= 0.3 is 5.97 Å². The molecule has 0 unspecified atom stereocenters. The van der Waals surface area contributed by atoms with Crippen molar-refractivity contribution in [1.29, 1.82) is 0 Å². The maximum atomic E-state index is 10.6. The van der Waals surface area contributed by atoms with Crippen LogP contribution in [0.15, 0.2) is 10.7 Å². The highest BCUT2D eigenvalue weighted by Crippen LogP contribution is 2.24. The summed E-state index contributed by atoms with van der Waals surface area (Å²) in [6, 6.07) is 0. The zero-order chi connectivity index (χ0) is 8.55. The van der Waals surface area contributed by atoms with Crippen molar-refractivity contribution in [3.63, 3.8) is 0 Å². The third kappa shape index (κ3) is 1.09. The van der Waals surface area contributed by atoms with E-state index in [4.69, 9.17) is 9.63 Å². The Labute approximate surface area is 69.2 Å². The third-order valence-electron chi connectivity index (χ3n) is 2.27. The lowest BCUT2D eigenvalue weighted by atomic mass is 9.88. The van der Waals surface area contributed by atoms with E-state index in [1.165, 1.54) is 0 Å². The summed E-state index contributed by atoms with van der Waals surface area (Å²) in [4.78, 5) is 10.6. The number of rotatable bonds is 1. The van der Waals surface area contributed by atoms with Gasteiger partial charge in [-0.2, -0.15) is 0 Å². The molecule has 4 nitrogen and oxygen atoms in total. The monoisotopic (exact) mass is 167 g/mol. The molecule has 0 saturated carbocycles. The van der Waals surface area contributed by atoms with Crippen LogP contribution in [-0.4, -0.2) is 16.2 Å². The summed E-state index contributed by atoms with van der Waals surface area (Å²) in [5.41, 5.74) is 0.952. The van der Waals surface area contributed by atoms with Crippen LogP contribution >= 0.6 is 0 Å². The SMILES string of the molecule is O=C(O)[C@@H]1CCc2oncc2C1. The van der Waals surface area contributed by atoms with Crippen molar-refractivity contribution >= 4 is 5.97 Å². The van der Waals surface area contributed by atoms with E-state index in [1.54, 1.807) is 6.20 Å². The predicted octanol–water partition coefficient (Wildman–Crippen LogP) is 0.864. The summed E-state index contributed by atoms with van der Waals surface area (Å²) in [6.45, 7) is 0. The van der Waals surface area contributed by atoms with Crippen LogP contribution in [0.4, 0.5) is 0 Å². The molecule has 0 spiro atoms. The molecule has 64 valence electrons. The Hall–Kier alpha value is -1.32. The van der Waals surface area contributed by atoms with Gasteiger partial charge < -0.3 is 9.63 Å². The standard InChI is InChI=1S/C8H9NO3/c10-8(11)5-1-2-7-6(3-5)4-9-12-7/h4-5H,1-3H2,(H,10,11)/t5-/m1/s1. The average Bonchev–Trinajstić information content (AvgIpc) is 2.49. The second kappa shape index (κ2) is 2.62. The smallest absolute Gasteiger partial charge is 0.306 e. The van der Waals surface area contributed by atoms with E-state index >= 15 is 0 Å². The van der Waals surface area contributed by atoms with Crippen LogP contribution in [0.1, 0.15) is 17.7 Å². The lowest BCUT2D eigenvalue weighted by molar-refractivity contribution is -0.142. The lowest BCUT2D eigenvalue weighted by Gasteiger charge is -2.15. The van der Waals surface area contributed by atoms with Gasteiger partial charge in [-0.15, -0.1) is 0 Å². The highest BCUT2D eigenvalue weighted by molar-refractivity contribution is 5.70. The predicted molar refractivity (Wildman–Crippen MR) is 39.7 cm³/mol. The Bertz CT molecular complexity index is 305. The number of hydrogen-bond acceptors (Lipinski definition) is 3. The number of carbonyl (C=O) groups is 1. The van der Waals surface area contributed by atoms with Crippen LogP contribution in [0.2, 0.25) is 0 Å². The van der Waals surface area contributed by atoms with Crippen LogP contribution < -0.4 is 0 Å². The molecule has 1 aromatic rings. The van der Waals surface area contributed by atoms with Gasteiger partial charge in [-0.05, 0) is 12.8 Å².